The first-order valence-electron chi connectivity index (χ1n) is 7.23. The van der Waals surface area contributed by atoms with Crippen LogP contribution in [0.1, 0.15) is 24.5 Å². The molecule has 20 heavy (non-hydrogen) atoms. The van der Waals surface area contributed by atoms with E-state index in [9.17, 15) is 0 Å². The maximum absolute atomic E-state index is 4.89. The van der Waals surface area contributed by atoms with E-state index in [-0.39, 0.29) is 0 Å². The summed E-state index contributed by atoms with van der Waals surface area (Å²) in [5.74, 6) is 0. The molecule has 0 spiro atoms. The van der Waals surface area contributed by atoms with Gasteiger partial charge in [-0.15, -0.1) is 0 Å². The lowest BCUT2D eigenvalue weighted by molar-refractivity contribution is 0.920. The molecule has 3 rings (SSSR count). The Bertz CT molecular complexity index is 726. The van der Waals surface area contributed by atoms with Crippen molar-refractivity contribution in [1.29, 1.82) is 0 Å². The Labute approximate surface area is 120 Å². The van der Waals surface area contributed by atoms with E-state index in [0.717, 1.165) is 24.1 Å². The first kappa shape index (κ1) is 12.9. The highest BCUT2D eigenvalue weighted by molar-refractivity contribution is 5.83. The largest absolute Gasteiger partial charge is 0.248 e. The number of para-hydroxylation sites is 1. The first-order chi connectivity index (χ1) is 9.78. The molecule has 100 valence electrons. The van der Waals surface area contributed by atoms with Crippen LogP contribution in [0.15, 0.2) is 54.6 Å². The second-order valence-electron chi connectivity index (χ2n) is 5.30. The normalized spacial score (nSPS) is 10.9. The van der Waals surface area contributed by atoms with Crippen molar-refractivity contribution in [2.24, 2.45) is 0 Å². The average Bonchev–Trinajstić information content (AvgIpc) is 2.48. The van der Waals surface area contributed by atoms with E-state index in [1.807, 2.05) is 6.07 Å². The zero-order chi connectivity index (χ0) is 13.9. The summed E-state index contributed by atoms with van der Waals surface area (Å²) in [5, 5.41) is 1.23. The van der Waals surface area contributed by atoms with Gasteiger partial charge in [-0.2, -0.15) is 0 Å². The van der Waals surface area contributed by atoms with Crippen LogP contribution in [0.3, 0.4) is 0 Å². The van der Waals surface area contributed by atoms with Crippen molar-refractivity contribution >= 4 is 10.9 Å². The fourth-order valence-corrected chi connectivity index (χ4v) is 2.58. The number of benzene rings is 2. The van der Waals surface area contributed by atoms with Gasteiger partial charge in [0.2, 0.25) is 0 Å². The second kappa shape index (κ2) is 5.46. The zero-order valence-corrected chi connectivity index (χ0v) is 12.1. The van der Waals surface area contributed by atoms with Crippen LogP contribution in [0.4, 0.5) is 0 Å². The van der Waals surface area contributed by atoms with Crippen LogP contribution in [-0.4, -0.2) is 4.98 Å². The van der Waals surface area contributed by atoms with E-state index in [0.29, 0.717) is 0 Å². The Morgan fingerprint density at radius 3 is 2.45 bits per heavy atom. The lowest BCUT2D eigenvalue weighted by Crippen LogP contribution is -1.94. The van der Waals surface area contributed by atoms with E-state index >= 15 is 0 Å². The van der Waals surface area contributed by atoms with Gasteiger partial charge in [0.15, 0.2) is 0 Å². The molecule has 0 aliphatic carbocycles. The molecule has 1 aromatic heterocycles. The van der Waals surface area contributed by atoms with Gasteiger partial charge in [-0.05, 0) is 31.0 Å². The van der Waals surface area contributed by atoms with E-state index in [4.69, 9.17) is 4.98 Å². The highest BCUT2D eigenvalue weighted by Gasteiger charge is 2.08. The van der Waals surface area contributed by atoms with Crippen molar-refractivity contribution in [3.8, 4) is 11.3 Å². The third-order valence-corrected chi connectivity index (χ3v) is 3.65. The van der Waals surface area contributed by atoms with Crippen molar-refractivity contribution in [3.63, 3.8) is 0 Å². The molecule has 0 N–H and O–H groups in total. The Balaban J connectivity index is 2.20. The van der Waals surface area contributed by atoms with Gasteiger partial charge in [0.05, 0.1) is 11.2 Å². The van der Waals surface area contributed by atoms with Crippen molar-refractivity contribution in [1.82, 2.24) is 4.98 Å². The van der Waals surface area contributed by atoms with Crippen molar-refractivity contribution in [2.45, 2.75) is 26.7 Å². The summed E-state index contributed by atoms with van der Waals surface area (Å²) in [6.07, 6.45) is 2.21. The maximum Gasteiger partial charge on any atom is 0.0741 e. The van der Waals surface area contributed by atoms with Crippen LogP contribution in [0.2, 0.25) is 0 Å². The molecule has 2 aromatic carbocycles. The van der Waals surface area contributed by atoms with E-state index in [1.165, 1.54) is 22.1 Å². The Kier molecular flexibility index (Phi) is 3.51. The number of aromatic nitrogens is 1. The molecule has 0 aliphatic heterocycles. The number of aryl methyl sites for hydroxylation is 2. The molecule has 0 radical (unpaired) electrons. The Hall–Kier alpha value is -2.15. The number of nitrogens with zero attached hydrogens (tertiary/aromatic N) is 1. The molecule has 1 heterocycles. The molecule has 0 saturated heterocycles. The molecule has 3 aromatic rings. The molecular formula is C19H19N. The molecule has 0 fully saturated rings. The summed E-state index contributed by atoms with van der Waals surface area (Å²) >= 11 is 0. The Morgan fingerprint density at radius 2 is 1.70 bits per heavy atom. The molecule has 1 heteroatoms. The zero-order valence-electron chi connectivity index (χ0n) is 12.1. The van der Waals surface area contributed by atoms with Crippen molar-refractivity contribution < 1.29 is 0 Å². The average molecular weight is 261 g/mol. The monoisotopic (exact) mass is 261 g/mol. The third kappa shape index (κ3) is 2.44. The highest BCUT2D eigenvalue weighted by atomic mass is 14.7. The van der Waals surface area contributed by atoms with E-state index in [2.05, 4.69) is 62.4 Å². The Morgan fingerprint density at radius 1 is 0.950 bits per heavy atom. The maximum atomic E-state index is 4.89. The number of hydrogen-bond acceptors (Lipinski definition) is 1. The van der Waals surface area contributed by atoms with Crippen LogP contribution < -0.4 is 0 Å². The van der Waals surface area contributed by atoms with Crippen LogP contribution in [0.25, 0.3) is 22.2 Å². The summed E-state index contributed by atoms with van der Waals surface area (Å²) in [6, 6.07) is 19.3. The predicted molar refractivity (Wildman–Crippen MR) is 85.9 cm³/mol. The molecule has 0 bridgehead atoms. The smallest absolute Gasteiger partial charge is 0.0741 e. The minimum atomic E-state index is 1.07. The van der Waals surface area contributed by atoms with Gasteiger partial charge in [-0.1, -0.05) is 61.4 Å². The molecule has 0 atom stereocenters. The lowest BCUT2D eigenvalue weighted by atomic mass is 9.99. The fraction of sp³-hybridized carbons (Fsp3) is 0.211. The molecule has 0 aliphatic rings. The van der Waals surface area contributed by atoms with Gasteiger partial charge in [-0.3, -0.25) is 0 Å². The minimum absolute atomic E-state index is 1.07. The standard InChI is InChI=1S/C19H19N/c1-3-6-17-13-16-7-4-5-8-18(16)20-19(17)15-11-9-14(2)10-12-15/h4-5,7-13H,3,6H2,1-2H3. The number of hydrogen-bond donors (Lipinski definition) is 0. The van der Waals surface area contributed by atoms with Crippen LogP contribution in [0, 0.1) is 6.92 Å². The SMILES string of the molecule is CCCc1cc2ccccc2nc1-c1ccc(C)cc1. The first-order valence-corrected chi connectivity index (χ1v) is 7.23. The van der Waals surface area contributed by atoms with Crippen LogP contribution >= 0.6 is 0 Å². The van der Waals surface area contributed by atoms with Gasteiger partial charge in [-0.25, -0.2) is 4.98 Å². The van der Waals surface area contributed by atoms with Gasteiger partial charge in [0.25, 0.3) is 0 Å². The molecule has 0 amide bonds. The minimum Gasteiger partial charge on any atom is -0.248 e. The molecular weight excluding hydrogens is 242 g/mol. The summed E-state index contributed by atoms with van der Waals surface area (Å²) in [4.78, 5) is 4.89. The van der Waals surface area contributed by atoms with E-state index in [1.54, 1.807) is 0 Å². The quantitative estimate of drug-likeness (QED) is 0.634. The second-order valence-corrected chi connectivity index (χ2v) is 5.30. The molecule has 1 nitrogen and oxygen atoms in total. The highest BCUT2D eigenvalue weighted by Crippen LogP contribution is 2.26. The van der Waals surface area contributed by atoms with Crippen LogP contribution in [0.5, 0.6) is 0 Å². The van der Waals surface area contributed by atoms with Crippen LogP contribution in [-0.2, 0) is 6.42 Å². The van der Waals surface area contributed by atoms with E-state index < -0.39 is 0 Å². The fourth-order valence-electron chi connectivity index (χ4n) is 2.58. The number of fused-ring (bicyclic) bond motifs is 1. The number of pyridine rings is 1. The van der Waals surface area contributed by atoms with Gasteiger partial charge < -0.3 is 0 Å². The van der Waals surface area contributed by atoms with Gasteiger partial charge >= 0.3 is 0 Å². The predicted octanol–water partition coefficient (Wildman–Crippen LogP) is 5.16. The topological polar surface area (TPSA) is 12.9 Å². The van der Waals surface area contributed by atoms with Gasteiger partial charge in [0, 0.05) is 10.9 Å². The number of rotatable bonds is 3. The van der Waals surface area contributed by atoms with Gasteiger partial charge in [0.1, 0.15) is 0 Å². The lowest BCUT2D eigenvalue weighted by Gasteiger charge is -2.10. The summed E-state index contributed by atoms with van der Waals surface area (Å²) in [7, 11) is 0. The summed E-state index contributed by atoms with van der Waals surface area (Å²) in [5.41, 5.74) is 6.04. The summed E-state index contributed by atoms with van der Waals surface area (Å²) in [6.45, 7) is 4.33. The molecule has 0 saturated carbocycles. The molecule has 0 unspecified atom stereocenters. The van der Waals surface area contributed by atoms with Crippen molar-refractivity contribution in [3.05, 3.63) is 65.7 Å². The van der Waals surface area contributed by atoms with Crippen molar-refractivity contribution in [2.75, 3.05) is 0 Å². The summed E-state index contributed by atoms with van der Waals surface area (Å²) < 4.78 is 0. The third-order valence-electron chi connectivity index (χ3n) is 3.65.